The summed E-state index contributed by atoms with van der Waals surface area (Å²) < 4.78 is 21.8. The molecule has 5 heteroatoms. The van der Waals surface area contributed by atoms with E-state index in [0.29, 0.717) is 0 Å². The van der Waals surface area contributed by atoms with Crippen molar-refractivity contribution >= 4 is 16.1 Å². The summed E-state index contributed by atoms with van der Waals surface area (Å²) in [6.07, 6.45) is 3.25. The van der Waals surface area contributed by atoms with Gasteiger partial charge >= 0.3 is 0 Å². The third-order valence-electron chi connectivity index (χ3n) is 1.62. The summed E-state index contributed by atoms with van der Waals surface area (Å²) in [6, 6.07) is 6.08. The highest BCUT2D eigenvalue weighted by molar-refractivity contribution is 7.89. The molecule has 4 nitrogen and oxygen atoms in total. The van der Waals surface area contributed by atoms with Crippen molar-refractivity contribution in [3.05, 3.63) is 35.9 Å². The van der Waals surface area contributed by atoms with E-state index in [1.165, 1.54) is 12.1 Å². The van der Waals surface area contributed by atoms with Gasteiger partial charge in [0, 0.05) is 0 Å². The van der Waals surface area contributed by atoms with E-state index in [4.69, 9.17) is 10.2 Å². The molecule has 0 atom stereocenters. The lowest BCUT2D eigenvalue weighted by molar-refractivity contribution is 0.343. The first-order chi connectivity index (χ1) is 6.54. The minimum absolute atomic E-state index is 0.0447. The van der Waals surface area contributed by atoms with Crippen molar-refractivity contribution in [2.75, 3.05) is 6.61 Å². The molecule has 0 unspecified atom stereocenters. The van der Waals surface area contributed by atoms with E-state index in [1.54, 1.807) is 24.3 Å². The molecule has 0 saturated carbocycles. The summed E-state index contributed by atoms with van der Waals surface area (Å²) >= 11 is 0. The van der Waals surface area contributed by atoms with E-state index in [-0.39, 0.29) is 11.5 Å². The van der Waals surface area contributed by atoms with E-state index < -0.39 is 10.0 Å². The number of hydrogen-bond donors (Lipinski definition) is 2. The molecule has 3 N–H and O–H groups in total. The molecule has 0 amide bonds. The molecule has 0 aliphatic heterocycles. The van der Waals surface area contributed by atoms with Gasteiger partial charge in [0.1, 0.15) is 0 Å². The van der Waals surface area contributed by atoms with Crippen LogP contribution in [-0.2, 0) is 10.0 Å². The number of benzene rings is 1. The van der Waals surface area contributed by atoms with Crippen LogP contribution in [0.1, 0.15) is 5.56 Å². The minimum Gasteiger partial charge on any atom is -0.392 e. The zero-order valence-electron chi connectivity index (χ0n) is 7.42. The Bertz CT molecular complexity index is 420. The van der Waals surface area contributed by atoms with E-state index in [1.807, 2.05) is 0 Å². The molecular weight excluding hydrogens is 202 g/mol. The Morgan fingerprint density at radius 3 is 2.29 bits per heavy atom. The van der Waals surface area contributed by atoms with Gasteiger partial charge in [-0.25, -0.2) is 13.6 Å². The zero-order valence-corrected chi connectivity index (χ0v) is 8.24. The molecule has 0 spiro atoms. The van der Waals surface area contributed by atoms with Crippen molar-refractivity contribution in [3.63, 3.8) is 0 Å². The Hall–Kier alpha value is -1.17. The quantitative estimate of drug-likeness (QED) is 0.759. The maximum Gasteiger partial charge on any atom is 0.238 e. The lowest BCUT2D eigenvalue weighted by Gasteiger charge is -1.97. The summed E-state index contributed by atoms with van der Waals surface area (Å²) in [4.78, 5) is 0.0821. The molecule has 14 heavy (non-hydrogen) atoms. The maximum atomic E-state index is 10.9. The van der Waals surface area contributed by atoms with Crippen molar-refractivity contribution in [1.82, 2.24) is 0 Å². The maximum absolute atomic E-state index is 10.9. The summed E-state index contributed by atoms with van der Waals surface area (Å²) in [7, 11) is -3.61. The molecule has 0 aliphatic rings. The largest absolute Gasteiger partial charge is 0.392 e. The lowest BCUT2D eigenvalue weighted by atomic mass is 10.2. The fourth-order valence-electron chi connectivity index (χ4n) is 0.957. The van der Waals surface area contributed by atoms with Crippen LogP contribution in [0.2, 0.25) is 0 Å². The smallest absolute Gasteiger partial charge is 0.238 e. The van der Waals surface area contributed by atoms with Crippen LogP contribution >= 0.6 is 0 Å². The summed E-state index contributed by atoms with van der Waals surface area (Å²) in [5, 5.41) is 13.4. The number of rotatable bonds is 3. The summed E-state index contributed by atoms with van der Waals surface area (Å²) in [5.41, 5.74) is 0.812. The van der Waals surface area contributed by atoms with E-state index in [2.05, 4.69) is 0 Å². The van der Waals surface area contributed by atoms with Crippen molar-refractivity contribution < 1.29 is 13.5 Å². The summed E-state index contributed by atoms with van der Waals surface area (Å²) in [5.74, 6) is 0. The van der Waals surface area contributed by atoms with Gasteiger partial charge in [0.05, 0.1) is 11.5 Å². The van der Waals surface area contributed by atoms with E-state index in [0.717, 1.165) is 5.56 Å². The van der Waals surface area contributed by atoms with E-state index >= 15 is 0 Å². The first kappa shape index (κ1) is 10.9. The first-order valence-electron chi connectivity index (χ1n) is 3.94. The predicted octanol–water partition coefficient (Wildman–Crippen LogP) is 0.340. The van der Waals surface area contributed by atoms with Gasteiger partial charge in [-0.3, -0.25) is 0 Å². The molecule has 0 saturated heterocycles. The Balaban J connectivity index is 2.95. The SMILES string of the molecule is NS(=O)(=O)c1ccc(/C=C/CO)cc1. The van der Waals surface area contributed by atoms with Crippen LogP contribution in [0, 0.1) is 0 Å². The standard InChI is InChI=1S/C9H11NO3S/c10-14(12,13)9-5-3-8(4-6-9)2-1-7-11/h1-6,11H,7H2,(H2,10,12,13)/b2-1+. The van der Waals surface area contributed by atoms with Crippen molar-refractivity contribution in [2.24, 2.45) is 5.14 Å². The van der Waals surface area contributed by atoms with Crippen LogP contribution in [0.5, 0.6) is 0 Å². The number of sulfonamides is 1. The van der Waals surface area contributed by atoms with Crippen LogP contribution < -0.4 is 5.14 Å². The van der Waals surface area contributed by atoms with Gasteiger partial charge in [-0.2, -0.15) is 0 Å². The van der Waals surface area contributed by atoms with Gasteiger partial charge in [-0.1, -0.05) is 24.3 Å². The molecule has 1 rings (SSSR count). The second-order valence-electron chi connectivity index (χ2n) is 2.70. The number of aliphatic hydroxyl groups is 1. The van der Waals surface area contributed by atoms with Crippen LogP contribution in [0.15, 0.2) is 35.2 Å². The van der Waals surface area contributed by atoms with E-state index in [9.17, 15) is 8.42 Å². The predicted molar refractivity (Wildman–Crippen MR) is 53.9 cm³/mol. The van der Waals surface area contributed by atoms with Crippen LogP contribution in [0.4, 0.5) is 0 Å². The lowest BCUT2D eigenvalue weighted by Crippen LogP contribution is -2.11. The molecule has 0 bridgehead atoms. The Morgan fingerprint density at radius 2 is 1.86 bits per heavy atom. The van der Waals surface area contributed by atoms with Gasteiger partial charge in [0.25, 0.3) is 0 Å². The number of nitrogens with two attached hydrogens (primary N) is 1. The van der Waals surface area contributed by atoms with Crippen molar-refractivity contribution in [2.45, 2.75) is 4.90 Å². The highest BCUT2D eigenvalue weighted by Gasteiger charge is 2.05. The van der Waals surface area contributed by atoms with Gasteiger partial charge in [-0.15, -0.1) is 0 Å². The summed E-state index contributed by atoms with van der Waals surface area (Å²) in [6.45, 7) is -0.0447. The van der Waals surface area contributed by atoms with Gasteiger partial charge < -0.3 is 5.11 Å². The Morgan fingerprint density at radius 1 is 1.29 bits per heavy atom. The molecular formula is C9H11NO3S. The average Bonchev–Trinajstić information content (AvgIpc) is 2.14. The highest BCUT2D eigenvalue weighted by atomic mass is 32.2. The monoisotopic (exact) mass is 213 g/mol. The molecule has 0 aromatic heterocycles. The molecule has 0 aliphatic carbocycles. The number of hydrogen-bond acceptors (Lipinski definition) is 3. The normalized spacial score (nSPS) is 12.1. The van der Waals surface area contributed by atoms with Gasteiger partial charge in [0.2, 0.25) is 10.0 Å². The second-order valence-corrected chi connectivity index (χ2v) is 4.26. The molecule has 0 radical (unpaired) electrons. The van der Waals surface area contributed by atoms with Crippen LogP contribution in [0.25, 0.3) is 6.08 Å². The zero-order chi connectivity index (χ0) is 10.6. The number of primary sulfonamides is 1. The van der Waals surface area contributed by atoms with Crippen molar-refractivity contribution in [1.29, 1.82) is 0 Å². The molecule has 76 valence electrons. The fraction of sp³-hybridized carbons (Fsp3) is 0.111. The molecule has 1 aromatic carbocycles. The Kier molecular flexibility index (Phi) is 3.40. The Labute approximate surface area is 82.7 Å². The minimum atomic E-state index is -3.61. The topological polar surface area (TPSA) is 80.4 Å². The van der Waals surface area contributed by atoms with Crippen molar-refractivity contribution in [3.8, 4) is 0 Å². The molecule has 0 fully saturated rings. The average molecular weight is 213 g/mol. The third-order valence-corrected chi connectivity index (χ3v) is 2.55. The first-order valence-corrected chi connectivity index (χ1v) is 5.49. The van der Waals surface area contributed by atoms with Crippen LogP contribution in [-0.4, -0.2) is 20.1 Å². The molecule has 0 heterocycles. The van der Waals surface area contributed by atoms with Crippen LogP contribution in [0.3, 0.4) is 0 Å². The number of aliphatic hydroxyl groups excluding tert-OH is 1. The van der Waals surface area contributed by atoms with Gasteiger partial charge in [0.15, 0.2) is 0 Å². The third kappa shape index (κ3) is 2.95. The highest BCUT2D eigenvalue weighted by Crippen LogP contribution is 2.09. The van der Waals surface area contributed by atoms with Gasteiger partial charge in [-0.05, 0) is 17.7 Å². The second kappa shape index (κ2) is 4.36. The molecule has 1 aromatic rings. The fourth-order valence-corrected chi connectivity index (χ4v) is 1.47.